The Labute approximate surface area is 132 Å². The molecule has 0 atom stereocenters. The second-order valence-corrected chi connectivity index (χ2v) is 6.24. The molecule has 2 nitrogen and oxygen atoms in total. The lowest BCUT2D eigenvalue weighted by molar-refractivity contribution is -0.124. The Morgan fingerprint density at radius 3 is 1.68 bits per heavy atom. The predicted molar refractivity (Wildman–Crippen MR) is 89.4 cm³/mol. The van der Waals surface area contributed by atoms with Gasteiger partial charge < -0.3 is 5.73 Å². The molecule has 1 aliphatic carbocycles. The van der Waals surface area contributed by atoms with Gasteiger partial charge in [-0.2, -0.15) is 0 Å². The van der Waals surface area contributed by atoms with Gasteiger partial charge in [-0.3, -0.25) is 4.79 Å². The molecule has 0 bridgehead atoms. The summed E-state index contributed by atoms with van der Waals surface area (Å²) in [6.45, 7) is 0. The summed E-state index contributed by atoms with van der Waals surface area (Å²) in [5.41, 5.74) is 7.38. The van der Waals surface area contributed by atoms with Gasteiger partial charge >= 0.3 is 0 Å². The van der Waals surface area contributed by atoms with E-state index < -0.39 is 5.41 Å². The highest BCUT2D eigenvalue weighted by Gasteiger charge is 2.47. The van der Waals surface area contributed by atoms with Crippen molar-refractivity contribution >= 4 is 5.91 Å². The average Bonchev–Trinajstić information content (AvgIpc) is 2.58. The molecule has 0 spiro atoms. The Morgan fingerprint density at radius 1 is 0.818 bits per heavy atom. The number of rotatable bonds is 4. The third-order valence-electron chi connectivity index (χ3n) is 5.06. The van der Waals surface area contributed by atoms with Crippen LogP contribution in [0.4, 0.5) is 0 Å². The van der Waals surface area contributed by atoms with Gasteiger partial charge in [-0.1, -0.05) is 79.9 Å². The van der Waals surface area contributed by atoms with Crippen molar-refractivity contribution in [1.29, 1.82) is 0 Å². The first kappa shape index (κ1) is 14.8. The van der Waals surface area contributed by atoms with E-state index in [-0.39, 0.29) is 11.8 Å². The van der Waals surface area contributed by atoms with Crippen molar-refractivity contribution in [2.75, 3.05) is 0 Å². The van der Waals surface area contributed by atoms with Gasteiger partial charge in [-0.05, 0) is 29.9 Å². The molecule has 3 rings (SSSR count). The molecule has 114 valence electrons. The van der Waals surface area contributed by atoms with E-state index in [1.807, 2.05) is 60.7 Å². The lowest BCUT2D eigenvalue weighted by atomic mass is 9.61. The lowest BCUT2D eigenvalue weighted by Gasteiger charge is -2.41. The van der Waals surface area contributed by atoms with Crippen LogP contribution in [0.25, 0.3) is 0 Å². The third kappa shape index (κ3) is 2.43. The third-order valence-corrected chi connectivity index (χ3v) is 5.06. The fourth-order valence-corrected chi connectivity index (χ4v) is 4.06. The summed E-state index contributed by atoms with van der Waals surface area (Å²) >= 11 is 0. The fraction of sp³-hybridized carbons (Fsp3) is 0.350. The first-order chi connectivity index (χ1) is 10.8. The normalized spacial score (nSPS) is 16.4. The van der Waals surface area contributed by atoms with E-state index in [9.17, 15) is 4.79 Å². The molecule has 0 radical (unpaired) electrons. The Balaban J connectivity index is 2.21. The highest BCUT2D eigenvalue weighted by molar-refractivity contribution is 5.91. The molecule has 0 heterocycles. The molecule has 0 saturated heterocycles. The summed E-state index contributed by atoms with van der Waals surface area (Å²) in [5.74, 6) is 0.0559. The maximum atomic E-state index is 12.7. The van der Waals surface area contributed by atoms with Crippen LogP contribution in [0.2, 0.25) is 0 Å². The van der Waals surface area contributed by atoms with Crippen LogP contribution in [-0.4, -0.2) is 5.91 Å². The molecule has 0 unspecified atom stereocenters. The van der Waals surface area contributed by atoms with Gasteiger partial charge in [0.15, 0.2) is 0 Å². The molecular formula is C20H23NO. The number of amides is 1. The monoisotopic (exact) mass is 293 g/mol. The van der Waals surface area contributed by atoms with Crippen molar-refractivity contribution in [3.8, 4) is 0 Å². The Morgan fingerprint density at radius 2 is 1.27 bits per heavy atom. The van der Waals surface area contributed by atoms with Crippen LogP contribution in [-0.2, 0) is 10.2 Å². The van der Waals surface area contributed by atoms with Gasteiger partial charge in [0.2, 0.25) is 5.91 Å². The second kappa shape index (κ2) is 6.35. The maximum Gasteiger partial charge on any atom is 0.232 e. The zero-order valence-electron chi connectivity index (χ0n) is 12.9. The zero-order chi connectivity index (χ0) is 15.4. The van der Waals surface area contributed by atoms with Gasteiger partial charge in [0.1, 0.15) is 5.41 Å². The van der Waals surface area contributed by atoms with Crippen LogP contribution < -0.4 is 5.73 Å². The van der Waals surface area contributed by atoms with E-state index in [1.165, 1.54) is 19.3 Å². The molecule has 2 aromatic carbocycles. The van der Waals surface area contributed by atoms with Crippen LogP contribution >= 0.6 is 0 Å². The fourth-order valence-electron chi connectivity index (χ4n) is 4.06. The number of hydrogen-bond acceptors (Lipinski definition) is 1. The summed E-state index contributed by atoms with van der Waals surface area (Å²) in [6.07, 6.45) is 5.74. The molecule has 0 aromatic heterocycles. The SMILES string of the molecule is NC(=O)C(c1ccccc1)(c1ccccc1)C1CCCCC1. The second-order valence-electron chi connectivity index (χ2n) is 6.24. The minimum Gasteiger partial charge on any atom is -0.369 e. The molecule has 1 fully saturated rings. The smallest absolute Gasteiger partial charge is 0.232 e. The van der Waals surface area contributed by atoms with Gasteiger partial charge in [-0.25, -0.2) is 0 Å². The maximum absolute atomic E-state index is 12.7. The molecule has 2 N–H and O–H groups in total. The summed E-state index contributed by atoms with van der Waals surface area (Å²) in [5, 5.41) is 0. The van der Waals surface area contributed by atoms with Crippen molar-refractivity contribution in [2.45, 2.75) is 37.5 Å². The van der Waals surface area contributed by atoms with Gasteiger partial charge in [-0.15, -0.1) is 0 Å². The quantitative estimate of drug-likeness (QED) is 0.908. The summed E-state index contributed by atoms with van der Waals surface area (Å²) in [4.78, 5) is 12.7. The number of primary amides is 1. The van der Waals surface area contributed by atoms with E-state index in [1.54, 1.807) is 0 Å². The largest absolute Gasteiger partial charge is 0.369 e. The first-order valence-electron chi connectivity index (χ1n) is 8.17. The topological polar surface area (TPSA) is 43.1 Å². The molecular weight excluding hydrogens is 270 g/mol. The van der Waals surface area contributed by atoms with Crippen molar-refractivity contribution in [2.24, 2.45) is 11.7 Å². The molecule has 1 amide bonds. The summed E-state index contributed by atoms with van der Waals surface area (Å²) in [7, 11) is 0. The number of nitrogens with two attached hydrogens (primary N) is 1. The standard InChI is InChI=1S/C20H23NO/c21-19(22)20(16-10-4-1-5-11-16,17-12-6-2-7-13-17)18-14-8-3-9-15-18/h1-2,4-7,10-13,18H,3,8-9,14-15H2,(H2,21,22). The van der Waals surface area contributed by atoms with E-state index >= 15 is 0 Å². The minimum absolute atomic E-state index is 0.225. The van der Waals surface area contributed by atoms with E-state index in [4.69, 9.17) is 5.73 Å². The lowest BCUT2D eigenvalue weighted by Crippen LogP contribution is -2.48. The van der Waals surface area contributed by atoms with Crippen LogP contribution in [0.15, 0.2) is 60.7 Å². The van der Waals surface area contributed by atoms with Crippen molar-refractivity contribution in [3.63, 3.8) is 0 Å². The molecule has 1 aliphatic rings. The molecule has 2 heteroatoms. The summed E-state index contributed by atoms with van der Waals surface area (Å²) < 4.78 is 0. The van der Waals surface area contributed by atoms with Crippen molar-refractivity contribution < 1.29 is 4.79 Å². The molecule has 1 saturated carbocycles. The van der Waals surface area contributed by atoms with E-state index in [2.05, 4.69) is 0 Å². The molecule has 0 aliphatic heterocycles. The Bertz CT molecular complexity index is 575. The number of benzene rings is 2. The van der Waals surface area contributed by atoms with Crippen molar-refractivity contribution in [1.82, 2.24) is 0 Å². The number of hydrogen-bond donors (Lipinski definition) is 1. The predicted octanol–water partition coefficient (Wildman–Crippen LogP) is 4.04. The average molecular weight is 293 g/mol. The highest BCUT2D eigenvalue weighted by atomic mass is 16.1. The van der Waals surface area contributed by atoms with Crippen LogP contribution in [0.1, 0.15) is 43.2 Å². The van der Waals surface area contributed by atoms with Crippen LogP contribution in [0.3, 0.4) is 0 Å². The molecule has 2 aromatic rings. The number of carbonyl (C=O) groups is 1. The van der Waals surface area contributed by atoms with Crippen LogP contribution in [0, 0.1) is 5.92 Å². The van der Waals surface area contributed by atoms with E-state index in [0.717, 1.165) is 24.0 Å². The van der Waals surface area contributed by atoms with Crippen molar-refractivity contribution in [3.05, 3.63) is 71.8 Å². The van der Waals surface area contributed by atoms with Gasteiger partial charge in [0, 0.05) is 0 Å². The minimum atomic E-state index is -0.705. The first-order valence-corrected chi connectivity index (χ1v) is 8.17. The number of carbonyl (C=O) groups excluding carboxylic acids is 1. The van der Waals surface area contributed by atoms with Gasteiger partial charge in [0.25, 0.3) is 0 Å². The highest BCUT2D eigenvalue weighted by Crippen LogP contribution is 2.45. The summed E-state index contributed by atoms with van der Waals surface area (Å²) in [6, 6.07) is 20.2. The van der Waals surface area contributed by atoms with E-state index in [0.29, 0.717) is 0 Å². The Kier molecular flexibility index (Phi) is 4.28. The van der Waals surface area contributed by atoms with Crippen LogP contribution in [0.5, 0.6) is 0 Å². The van der Waals surface area contributed by atoms with Gasteiger partial charge in [0.05, 0.1) is 0 Å². The zero-order valence-corrected chi connectivity index (χ0v) is 12.9. The Hall–Kier alpha value is -2.09. The molecule has 22 heavy (non-hydrogen) atoms.